The topological polar surface area (TPSA) is 49.9 Å². The summed E-state index contributed by atoms with van der Waals surface area (Å²) in [6.07, 6.45) is 0. The van der Waals surface area contributed by atoms with E-state index >= 15 is 0 Å². The summed E-state index contributed by atoms with van der Waals surface area (Å²) < 4.78 is 5.25. The van der Waals surface area contributed by atoms with Crippen molar-refractivity contribution < 1.29 is 14.3 Å². The summed E-state index contributed by atoms with van der Waals surface area (Å²) in [7, 11) is 5.45. The molecule has 0 bridgehead atoms. The predicted molar refractivity (Wildman–Crippen MR) is 131 cm³/mol. The van der Waals surface area contributed by atoms with Crippen molar-refractivity contribution in [2.24, 2.45) is 0 Å². The highest BCUT2D eigenvalue weighted by Crippen LogP contribution is 2.40. The van der Waals surface area contributed by atoms with E-state index < -0.39 is 0 Å². The number of benzene rings is 3. The highest BCUT2D eigenvalue weighted by atomic mass is 32.2. The maximum Gasteiger partial charge on any atom is 0.272 e. The largest absolute Gasteiger partial charge is 0.497 e. The maximum absolute atomic E-state index is 13.6. The van der Waals surface area contributed by atoms with Crippen molar-refractivity contribution >= 4 is 40.5 Å². The number of methoxy groups -OCH3 is 1. The second-order valence-corrected chi connectivity index (χ2v) is 8.55. The average Bonchev–Trinajstić information content (AvgIpc) is 3.07. The van der Waals surface area contributed by atoms with Crippen LogP contribution >= 0.6 is 11.8 Å². The molecule has 0 atom stereocenters. The summed E-state index contributed by atoms with van der Waals surface area (Å²) in [5.74, 6) is 0.685. The lowest BCUT2D eigenvalue weighted by Gasteiger charge is -2.19. The Morgan fingerprint density at radius 1 is 0.875 bits per heavy atom. The van der Waals surface area contributed by atoms with Gasteiger partial charge in [-0.2, -0.15) is 0 Å². The van der Waals surface area contributed by atoms with Crippen LogP contribution in [-0.4, -0.2) is 33.0 Å². The van der Waals surface area contributed by atoms with Crippen LogP contribution < -0.4 is 14.5 Å². The molecule has 0 aromatic heterocycles. The van der Waals surface area contributed by atoms with Crippen molar-refractivity contribution in [3.05, 3.63) is 94.9 Å². The second-order valence-electron chi connectivity index (χ2n) is 7.57. The van der Waals surface area contributed by atoms with Gasteiger partial charge >= 0.3 is 0 Å². The molecule has 1 heterocycles. The number of carbonyl (C=O) groups is 2. The highest BCUT2D eigenvalue weighted by molar-refractivity contribution is 8.03. The van der Waals surface area contributed by atoms with Gasteiger partial charge in [0.25, 0.3) is 11.8 Å². The van der Waals surface area contributed by atoms with Crippen LogP contribution in [0.3, 0.4) is 0 Å². The number of hydrogen-bond acceptors (Lipinski definition) is 5. The van der Waals surface area contributed by atoms with Crippen molar-refractivity contribution in [1.29, 1.82) is 0 Å². The number of imide groups is 1. The molecule has 0 saturated heterocycles. The molecular weight excluding hydrogens is 420 g/mol. The molecule has 0 aliphatic carbocycles. The molecule has 0 saturated carbocycles. The van der Waals surface area contributed by atoms with Crippen LogP contribution in [-0.2, 0) is 15.3 Å². The third-order valence-electron chi connectivity index (χ3n) is 5.25. The van der Waals surface area contributed by atoms with Crippen LogP contribution in [0.1, 0.15) is 11.1 Å². The van der Waals surface area contributed by atoms with E-state index in [-0.39, 0.29) is 11.8 Å². The minimum atomic E-state index is -0.313. The second kappa shape index (κ2) is 9.32. The van der Waals surface area contributed by atoms with Gasteiger partial charge in [0, 0.05) is 25.5 Å². The Kier molecular flexibility index (Phi) is 6.32. The molecule has 6 heteroatoms. The first-order chi connectivity index (χ1) is 15.5. The number of ether oxygens (including phenoxy) is 1. The third-order valence-corrected chi connectivity index (χ3v) is 6.40. The number of rotatable bonds is 7. The summed E-state index contributed by atoms with van der Waals surface area (Å²) >= 11 is 1.40. The zero-order valence-corrected chi connectivity index (χ0v) is 19.1. The van der Waals surface area contributed by atoms with Crippen LogP contribution in [0.2, 0.25) is 0 Å². The van der Waals surface area contributed by atoms with Crippen LogP contribution in [0, 0.1) is 0 Å². The standard InChI is InChI=1S/C26H24N2O3S/c1-27(2)20-10-7-11-21(16-20)28-25(29)23(19-12-14-22(31-3)15-13-19)24(26(28)30)32-17-18-8-5-4-6-9-18/h4-16H,17H2,1-3H3. The molecule has 162 valence electrons. The van der Waals surface area contributed by atoms with E-state index in [1.807, 2.05) is 79.7 Å². The molecule has 4 rings (SSSR count). The van der Waals surface area contributed by atoms with E-state index in [1.165, 1.54) is 16.7 Å². The SMILES string of the molecule is COc1ccc(C2=C(SCc3ccccc3)C(=O)N(c3cccc(N(C)C)c3)C2=O)cc1. The van der Waals surface area contributed by atoms with E-state index in [1.54, 1.807) is 25.3 Å². The summed E-state index contributed by atoms with van der Waals surface area (Å²) in [5, 5.41) is 0. The minimum Gasteiger partial charge on any atom is -0.497 e. The van der Waals surface area contributed by atoms with Gasteiger partial charge in [0.2, 0.25) is 0 Å². The number of thioether (sulfide) groups is 1. The molecule has 1 aliphatic heterocycles. The molecule has 3 aromatic rings. The quantitative estimate of drug-likeness (QED) is 0.481. The Morgan fingerprint density at radius 2 is 1.59 bits per heavy atom. The van der Waals surface area contributed by atoms with Gasteiger partial charge in [0.15, 0.2) is 0 Å². The number of anilines is 2. The normalized spacial score (nSPS) is 13.7. The minimum absolute atomic E-state index is 0.294. The lowest BCUT2D eigenvalue weighted by atomic mass is 10.1. The van der Waals surface area contributed by atoms with Crippen LogP contribution in [0.15, 0.2) is 83.8 Å². The first-order valence-corrected chi connectivity index (χ1v) is 11.2. The van der Waals surface area contributed by atoms with Gasteiger partial charge in [-0.15, -0.1) is 11.8 Å². The van der Waals surface area contributed by atoms with E-state index in [0.29, 0.717) is 33.2 Å². The number of carbonyl (C=O) groups excluding carboxylic acids is 2. The van der Waals surface area contributed by atoms with Gasteiger partial charge in [-0.05, 0) is 41.5 Å². The highest BCUT2D eigenvalue weighted by Gasteiger charge is 2.40. The summed E-state index contributed by atoms with van der Waals surface area (Å²) in [5.41, 5.74) is 3.69. The third kappa shape index (κ3) is 4.27. The van der Waals surface area contributed by atoms with E-state index in [9.17, 15) is 9.59 Å². The van der Waals surface area contributed by atoms with E-state index in [0.717, 1.165) is 11.3 Å². The van der Waals surface area contributed by atoms with Crippen LogP contribution in [0.25, 0.3) is 5.57 Å². The Hall–Kier alpha value is -3.51. The molecular formula is C26H24N2O3S. The molecule has 5 nitrogen and oxygen atoms in total. The average molecular weight is 445 g/mol. The molecule has 3 aromatic carbocycles. The number of nitrogens with zero attached hydrogens (tertiary/aromatic N) is 2. The number of amides is 2. The molecule has 32 heavy (non-hydrogen) atoms. The van der Waals surface area contributed by atoms with Crippen molar-refractivity contribution in [3.8, 4) is 5.75 Å². The van der Waals surface area contributed by atoms with Gasteiger partial charge < -0.3 is 9.64 Å². The van der Waals surface area contributed by atoms with E-state index in [2.05, 4.69) is 0 Å². The zero-order chi connectivity index (χ0) is 22.7. The van der Waals surface area contributed by atoms with Crippen molar-refractivity contribution in [1.82, 2.24) is 0 Å². The molecule has 0 unspecified atom stereocenters. The van der Waals surface area contributed by atoms with Crippen LogP contribution in [0.5, 0.6) is 5.75 Å². The Balaban J connectivity index is 1.74. The maximum atomic E-state index is 13.6. The summed E-state index contributed by atoms with van der Waals surface area (Å²) in [6, 6.07) is 24.6. The monoisotopic (exact) mass is 444 g/mol. The molecule has 1 aliphatic rings. The lowest BCUT2D eigenvalue weighted by molar-refractivity contribution is -0.119. The molecule has 0 fully saturated rings. The first kappa shape index (κ1) is 21.7. The van der Waals surface area contributed by atoms with Crippen molar-refractivity contribution in [3.63, 3.8) is 0 Å². The van der Waals surface area contributed by atoms with Gasteiger partial charge in [0.1, 0.15) is 5.75 Å². The van der Waals surface area contributed by atoms with Crippen LogP contribution in [0.4, 0.5) is 11.4 Å². The van der Waals surface area contributed by atoms with Crippen molar-refractivity contribution in [2.75, 3.05) is 31.0 Å². The predicted octanol–water partition coefficient (Wildman–Crippen LogP) is 4.98. The Bertz CT molecular complexity index is 1170. The molecule has 0 spiro atoms. The Labute approximate surface area is 192 Å². The number of hydrogen-bond donors (Lipinski definition) is 0. The van der Waals surface area contributed by atoms with Gasteiger partial charge in [-0.1, -0.05) is 48.5 Å². The fraction of sp³-hybridized carbons (Fsp3) is 0.154. The molecule has 0 radical (unpaired) electrons. The van der Waals surface area contributed by atoms with Crippen molar-refractivity contribution in [2.45, 2.75) is 5.75 Å². The van der Waals surface area contributed by atoms with E-state index in [4.69, 9.17) is 4.74 Å². The molecule has 0 N–H and O–H groups in total. The summed E-state index contributed by atoms with van der Waals surface area (Å²) in [4.78, 5) is 30.8. The smallest absolute Gasteiger partial charge is 0.272 e. The van der Waals surface area contributed by atoms with Gasteiger partial charge in [0.05, 0.1) is 23.3 Å². The zero-order valence-electron chi connectivity index (χ0n) is 18.2. The first-order valence-electron chi connectivity index (χ1n) is 10.2. The summed E-state index contributed by atoms with van der Waals surface area (Å²) in [6.45, 7) is 0. The fourth-order valence-corrected chi connectivity index (χ4v) is 4.60. The van der Waals surface area contributed by atoms with Gasteiger partial charge in [-0.3, -0.25) is 9.59 Å². The Morgan fingerprint density at radius 3 is 2.25 bits per heavy atom. The fourth-order valence-electron chi connectivity index (χ4n) is 3.53. The van der Waals surface area contributed by atoms with Gasteiger partial charge in [-0.25, -0.2) is 4.90 Å². The lowest BCUT2D eigenvalue weighted by Crippen LogP contribution is -2.31. The molecule has 2 amide bonds.